The van der Waals surface area contributed by atoms with Gasteiger partial charge in [-0.2, -0.15) is 4.98 Å². The van der Waals surface area contributed by atoms with Crippen molar-refractivity contribution >= 4 is 23.3 Å². The highest BCUT2D eigenvalue weighted by atomic mass is 35.5. The van der Waals surface area contributed by atoms with E-state index in [1.54, 1.807) is 6.26 Å². The lowest BCUT2D eigenvalue weighted by Crippen LogP contribution is -1.91. The molecule has 0 saturated carbocycles. The van der Waals surface area contributed by atoms with E-state index in [0.29, 0.717) is 11.9 Å². The summed E-state index contributed by atoms with van der Waals surface area (Å²) in [5.74, 6) is 0.361. The van der Waals surface area contributed by atoms with Crippen molar-refractivity contribution in [3.63, 3.8) is 0 Å². The zero-order valence-corrected chi connectivity index (χ0v) is 9.79. The van der Waals surface area contributed by atoms with Gasteiger partial charge in [0.15, 0.2) is 0 Å². The molecule has 0 spiro atoms. The van der Waals surface area contributed by atoms with Crippen LogP contribution < -0.4 is 5.32 Å². The zero-order valence-electron chi connectivity index (χ0n) is 9.03. The first-order chi connectivity index (χ1) is 7.81. The molecule has 0 saturated heterocycles. The number of rotatable bonds is 4. The van der Waals surface area contributed by atoms with Gasteiger partial charge in [0.05, 0.1) is 11.6 Å². The van der Waals surface area contributed by atoms with E-state index in [-0.39, 0.29) is 0 Å². The average Bonchev–Trinajstić information content (AvgIpc) is 2.78. The van der Waals surface area contributed by atoms with Crippen molar-refractivity contribution in [1.82, 2.24) is 4.98 Å². The first-order valence-corrected chi connectivity index (χ1v) is 5.71. The van der Waals surface area contributed by atoms with Crippen LogP contribution in [0.4, 0.5) is 11.7 Å². The fourth-order valence-electron chi connectivity index (χ4n) is 1.37. The Morgan fingerprint density at radius 3 is 2.62 bits per heavy atom. The summed E-state index contributed by atoms with van der Waals surface area (Å²) in [5, 5.41) is 3.07. The van der Waals surface area contributed by atoms with Gasteiger partial charge in [0.1, 0.15) is 6.26 Å². The molecule has 0 atom stereocenters. The second kappa shape index (κ2) is 5.03. The van der Waals surface area contributed by atoms with Crippen LogP contribution in [-0.2, 0) is 12.3 Å². The molecular formula is C12H13ClN2O. The number of hydrogen-bond acceptors (Lipinski definition) is 3. The summed E-state index contributed by atoms with van der Waals surface area (Å²) in [6, 6.07) is 8.63. The van der Waals surface area contributed by atoms with Gasteiger partial charge in [-0.1, -0.05) is 19.1 Å². The molecule has 0 radical (unpaired) electrons. The van der Waals surface area contributed by atoms with Crippen LogP contribution in [0.25, 0.3) is 0 Å². The Kier molecular flexibility index (Phi) is 3.47. The molecule has 2 rings (SSSR count). The van der Waals surface area contributed by atoms with E-state index in [2.05, 4.69) is 29.4 Å². The SMILES string of the molecule is CCc1ccc(Nc2nc(CCl)co2)cc1. The molecular weight excluding hydrogens is 224 g/mol. The molecule has 0 aliphatic rings. The molecule has 4 heteroatoms. The van der Waals surface area contributed by atoms with Crippen LogP contribution in [0, 0.1) is 0 Å². The molecule has 0 aliphatic carbocycles. The predicted molar refractivity (Wildman–Crippen MR) is 65.2 cm³/mol. The molecule has 1 aromatic heterocycles. The number of halogens is 1. The van der Waals surface area contributed by atoms with Crippen molar-refractivity contribution in [2.45, 2.75) is 19.2 Å². The van der Waals surface area contributed by atoms with Crippen molar-refractivity contribution < 1.29 is 4.42 Å². The smallest absolute Gasteiger partial charge is 0.299 e. The maximum atomic E-state index is 5.63. The summed E-state index contributed by atoms with van der Waals surface area (Å²) in [6.07, 6.45) is 2.59. The van der Waals surface area contributed by atoms with Gasteiger partial charge >= 0.3 is 0 Å². The number of aryl methyl sites for hydroxylation is 1. The minimum atomic E-state index is 0.361. The number of anilines is 2. The minimum absolute atomic E-state index is 0.361. The number of benzene rings is 1. The van der Waals surface area contributed by atoms with E-state index in [4.69, 9.17) is 16.0 Å². The fraction of sp³-hybridized carbons (Fsp3) is 0.250. The van der Waals surface area contributed by atoms with Gasteiger partial charge < -0.3 is 9.73 Å². The van der Waals surface area contributed by atoms with Gasteiger partial charge in [-0.05, 0) is 24.1 Å². The summed E-state index contributed by atoms with van der Waals surface area (Å²) in [5.41, 5.74) is 2.99. The largest absolute Gasteiger partial charge is 0.432 e. The normalized spacial score (nSPS) is 10.4. The highest BCUT2D eigenvalue weighted by Crippen LogP contribution is 2.17. The van der Waals surface area contributed by atoms with Crippen molar-refractivity contribution in [1.29, 1.82) is 0 Å². The molecule has 3 nitrogen and oxygen atoms in total. The van der Waals surface area contributed by atoms with Crippen LogP contribution in [0.3, 0.4) is 0 Å². The van der Waals surface area contributed by atoms with Gasteiger partial charge in [-0.3, -0.25) is 0 Å². The molecule has 1 aromatic carbocycles. The molecule has 0 unspecified atom stereocenters. The molecule has 16 heavy (non-hydrogen) atoms. The maximum Gasteiger partial charge on any atom is 0.299 e. The third-order valence-corrected chi connectivity index (χ3v) is 2.58. The summed E-state index contributed by atoms with van der Waals surface area (Å²) >= 11 is 5.63. The highest BCUT2D eigenvalue weighted by Gasteiger charge is 2.02. The number of nitrogens with one attached hydrogen (secondary N) is 1. The molecule has 0 amide bonds. The van der Waals surface area contributed by atoms with E-state index in [0.717, 1.165) is 17.8 Å². The van der Waals surface area contributed by atoms with Crippen molar-refractivity contribution in [3.05, 3.63) is 41.8 Å². The lowest BCUT2D eigenvalue weighted by molar-refractivity contribution is 0.576. The van der Waals surface area contributed by atoms with Gasteiger partial charge in [0, 0.05) is 5.69 Å². The number of aromatic nitrogens is 1. The summed E-state index contributed by atoms with van der Waals surface area (Å²) in [6.45, 7) is 2.13. The lowest BCUT2D eigenvalue weighted by Gasteiger charge is -2.02. The van der Waals surface area contributed by atoms with E-state index in [1.807, 2.05) is 12.1 Å². The second-order valence-corrected chi connectivity index (χ2v) is 3.72. The van der Waals surface area contributed by atoms with Gasteiger partial charge in [-0.25, -0.2) is 0 Å². The molecule has 0 fully saturated rings. The Labute approximate surface area is 99.5 Å². The predicted octanol–water partition coefficient (Wildman–Crippen LogP) is 3.72. The van der Waals surface area contributed by atoms with Crippen molar-refractivity contribution in [2.75, 3.05) is 5.32 Å². The quantitative estimate of drug-likeness (QED) is 0.823. The monoisotopic (exact) mass is 236 g/mol. The second-order valence-electron chi connectivity index (χ2n) is 3.45. The third-order valence-electron chi connectivity index (χ3n) is 2.30. The molecule has 0 bridgehead atoms. The van der Waals surface area contributed by atoms with E-state index in [9.17, 15) is 0 Å². The van der Waals surface area contributed by atoms with Crippen LogP contribution in [0.2, 0.25) is 0 Å². The Morgan fingerprint density at radius 1 is 1.31 bits per heavy atom. The van der Waals surface area contributed by atoms with Crippen LogP contribution in [-0.4, -0.2) is 4.98 Å². The van der Waals surface area contributed by atoms with Gasteiger partial charge in [-0.15, -0.1) is 11.6 Å². The topological polar surface area (TPSA) is 38.1 Å². The maximum absolute atomic E-state index is 5.63. The number of hydrogen-bond donors (Lipinski definition) is 1. The molecule has 0 aliphatic heterocycles. The summed E-state index contributed by atoms with van der Waals surface area (Å²) in [4.78, 5) is 4.16. The highest BCUT2D eigenvalue weighted by molar-refractivity contribution is 6.16. The molecule has 84 valence electrons. The Morgan fingerprint density at radius 2 is 2.06 bits per heavy atom. The van der Waals surface area contributed by atoms with Crippen LogP contribution in [0.5, 0.6) is 0 Å². The first kappa shape index (κ1) is 11.0. The lowest BCUT2D eigenvalue weighted by atomic mass is 10.1. The first-order valence-electron chi connectivity index (χ1n) is 5.18. The van der Waals surface area contributed by atoms with Crippen LogP contribution >= 0.6 is 11.6 Å². The van der Waals surface area contributed by atoms with E-state index >= 15 is 0 Å². The van der Waals surface area contributed by atoms with E-state index in [1.165, 1.54) is 5.56 Å². The van der Waals surface area contributed by atoms with E-state index < -0.39 is 0 Å². The minimum Gasteiger partial charge on any atom is -0.432 e. The zero-order chi connectivity index (χ0) is 11.4. The number of oxazole rings is 1. The number of alkyl halides is 1. The molecule has 2 aromatic rings. The molecule has 1 heterocycles. The summed E-state index contributed by atoms with van der Waals surface area (Å²) < 4.78 is 5.21. The van der Waals surface area contributed by atoms with Crippen LogP contribution in [0.15, 0.2) is 34.9 Å². The van der Waals surface area contributed by atoms with Gasteiger partial charge in [0.25, 0.3) is 6.01 Å². The Balaban J connectivity index is 2.08. The summed E-state index contributed by atoms with van der Waals surface area (Å²) in [7, 11) is 0. The average molecular weight is 237 g/mol. The van der Waals surface area contributed by atoms with Gasteiger partial charge in [0.2, 0.25) is 0 Å². The van der Waals surface area contributed by atoms with Crippen molar-refractivity contribution in [2.24, 2.45) is 0 Å². The van der Waals surface area contributed by atoms with Crippen LogP contribution in [0.1, 0.15) is 18.2 Å². The Bertz CT molecular complexity index is 450. The standard InChI is InChI=1S/C12H13ClN2O/c1-2-9-3-5-10(6-4-9)14-12-15-11(7-13)8-16-12/h3-6,8H,2,7H2,1H3,(H,14,15). The molecule has 1 N–H and O–H groups in total. The Hall–Kier alpha value is -1.48. The fourth-order valence-corrected chi connectivity index (χ4v) is 1.50. The number of nitrogens with zero attached hydrogens (tertiary/aromatic N) is 1. The van der Waals surface area contributed by atoms with Crippen molar-refractivity contribution in [3.8, 4) is 0 Å². The third kappa shape index (κ3) is 2.55.